The van der Waals surface area contributed by atoms with E-state index in [0.717, 1.165) is 0 Å². The Balaban J connectivity index is 2.18. The van der Waals surface area contributed by atoms with Crippen LogP contribution in [0.4, 0.5) is 4.39 Å². The number of carbonyl (C=O) groups is 2. The van der Waals surface area contributed by atoms with Crippen LogP contribution < -0.4 is 0 Å². The molecule has 1 aliphatic heterocycles. The average molecular weight is 253 g/mol. The van der Waals surface area contributed by atoms with Crippen LogP contribution in [0.2, 0.25) is 0 Å². The van der Waals surface area contributed by atoms with Crippen LogP contribution in [0, 0.1) is 5.82 Å². The number of nitrogens with zero attached hydrogens (tertiary/aromatic N) is 1. The molecule has 2 rings (SSSR count). The minimum absolute atomic E-state index is 0.0452. The van der Waals surface area contributed by atoms with Gasteiger partial charge in [-0.1, -0.05) is 12.1 Å². The molecule has 1 unspecified atom stereocenters. The Bertz CT molecular complexity index is 477. The third kappa shape index (κ3) is 2.65. The van der Waals surface area contributed by atoms with E-state index in [0.29, 0.717) is 5.56 Å². The lowest BCUT2D eigenvalue weighted by Gasteiger charge is -2.32. The number of ether oxygens (including phenoxy) is 1. The molecule has 0 aromatic heterocycles. The number of rotatable bonds is 3. The second kappa shape index (κ2) is 5.14. The van der Waals surface area contributed by atoms with Crippen LogP contribution >= 0.6 is 0 Å². The Hall–Kier alpha value is -1.95. The fraction of sp³-hybridized carbons (Fsp3) is 0.333. The van der Waals surface area contributed by atoms with Crippen molar-refractivity contribution in [1.82, 2.24) is 4.90 Å². The minimum atomic E-state index is -1.13. The first kappa shape index (κ1) is 12.5. The molecule has 0 radical (unpaired) electrons. The summed E-state index contributed by atoms with van der Waals surface area (Å²) in [5.41, 5.74) is 0.552. The summed E-state index contributed by atoms with van der Waals surface area (Å²) in [5, 5.41) is 9.01. The van der Waals surface area contributed by atoms with Gasteiger partial charge in [-0.3, -0.25) is 4.79 Å². The number of carboxylic acids is 1. The van der Waals surface area contributed by atoms with Crippen LogP contribution in [0.25, 0.3) is 0 Å². The summed E-state index contributed by atoms with van der Waals surface area (Å²) in [6.45, 7) is -0.119. The number of hydrogen-bond donors (Lipinski definition) is 1. The molecule has 1 atom stereocenters. The second-order valence-corrected chi connectivity index (χ2v) is 4.02. The molecule has 1 aliphatic rings. The van der Waals surface area contributed by atoms with Gasteiger partial charge in [0.25, 0.3) is 0 Å². The number of amides is 1. The summed E-state index contributed by atoms with van der Waals surface area (Å²) in [7, 11) is 0. The first-order valence-corrected chi connectivity index (χ1v) is 5.42. The summed E-state index contributed by atoms with van der Waals surface area (Å²) in [5.74, 6) is -1.95. The molecule has 0 bridgehead atoms. The lowest BCUT2D eigenvalue weighted by Crippen LogP contribution is -2.52. The summed E-state index contributed by atoms with van der Waals surface area (Å²) in [6, 6.07) is 4.71. The standard InChI is InChI=1S/C12H12FNO4/c13-9-3-1-2-8(4-9)5-14-10(12(16)17)6-18-7-11(14)15/h1-4,10H,5-7H2,(H,16,17). The molecule has 0 spiro atoms. The van der Waals surface area contributed by atoms with Crippen molar-refractivity contribution in [3.05, 3.63) is 35.6 Å². The lowest BCUT2D eigenvalue weighted by atomic mass is 10.1. The van der Waals surface area contributed by atoms with E-state index in [-0.39, 0.29) is 19.8 Å². The third-order valence-corrected chi connectivity index (χ3v) is 2.72. The van der Waals surface area contributed by atoms with Crippen molar-refractivity contribution in [1.29, 1.82) is 0 Å². The molecule has 1 N–H and O–H groups in total. The van der Waals surface area contributed by atoms with Crippen molar-refractivity contribution >= 4 is 11.9 Å². The maximum absolute atomic E-state index is 13.0. The van der Waals surface area contributed by atoms with Crippen LogP contribution in [0.15, 0.2) is 24.3 Å². The number of halogens is 1. The zero-order valence-electron chi connectivity index (χ0n) is 9.51. The molecule has 5 nitrogen and oxygen atoms in total. The van der Waals surface area contributed by atoms with Crippen LogP contribution in [0.3, 0.4) is 0 Å². The Morgan fingerprint density at radius 1 is 1.56 bits per heavy atom. The first-order chi connectivity index (χ1) is 8.58. The number of carboxylic acid groups (broad SMARTS) is 1. The highest BCUT2D eigenvalue weighted by Gasteiger charge is 2.33. The molecule has 1 aromatic carbocycles. The highest BCUT2D eigenvalue weighted by Crippen LogP contribution is 2.14. The van der Waals surface area contributed by atoms with Gasteiger partial charge in [-0.05, 0) is 17.7 Å². The Kier molecular flexibility index (Phi) is 3.57. The van der Waals surface area contributed by atoms with Crippen LogP contribution in [-0.4, -0.2) is 41.1 Å². The molecule has 1 aromatic rings. The minimum Gasteiger partial charge on any atom is -0.480 e. The van der Waals surface area contributed by atoms with Crippen molar-refractivity contribution in [2.75, 3.05) is 13.2 Å². The van der Waals surface area contributed by atoms with E-state index in [2.05, 4.69) is 0 Å². The Morgan fingerprint density at radius 3 is 3.00 bits per heavy atom. The highest BCUT2D eigenvalue weighted by atomic mass is 19.1. The van der Waals surface area contributed by atoms with Crippen molar-refractivity contribution in [3.63, 3.8) is 0 Å². The van der Waals surface area contributed by atoms with Crippen molar-refractivity contribution in [2.45, 2.75) is 12.6 Å². The van der Waals surface area contributed by atoms with E-state index in [1.807, 2.05) is 0 Å². The fourth-order valence-corrected chi connectivity index (χ4v) is 1.84. The number of hydrogen-bond acceptors (Lipinski definition) is 3. The van der Waals surface area contributed by atoms with Crippen LogP contribution in [0.5, 0.6) is 0 Å². The third-order valence-electron chi connectivity index (χ3n) is 2.72. The maximum Gasteiger partial charge on any atom is 0.328 e. The van der Waals surface area contributed by atoms with E-state index in [1.165, 1.54) is 23.1 Å². The topological polar surface area (TPSA) is 66.8 Å². The van der Waals surface area contributed by atoms with Gasteiger partial charge < -0.3 is 14.7 Å². The van der Waals surface area contributed by atoms with Gasteiger partial charge in [0, 0.05) is 6.54 Å². The van der Waals surface area contributed by atoms with Gasteiger partial charge in [0.05, 0.1) is 6.61 Å². The quantitative estimate of drug-likeness (QED) is 0.858. The first-order valence-electron chi connectivity index (χ1n) is 5.42. The summed E-state index contributed by atoms with van der Waals surface area (Å²) < 4.78 is 17.9. The number of carbonyl (C=O) groups excluding carboxylic acids is 1. The van der Waals surface area contributed by atoms with Gasteiger partial charge in [0.2, 0.25) is 5.91 Å². The van der Waals surface area contributed by atoms with Gasteiger partial charge in [0.15, 0.2) is 6.04 Å². The van der Waals surface area contributed by atoms with Crippen molar-refractivity contribution < 1.29 is 23.8 Å². The van der Waals surface area contributed by atoms with E-state index >= 15 is 0 Å². The second-order valence-electron chi connectivity index (χ2n) is 4.02. The molecule has 0 saturated carbocycles. The van der Waals surface area contributed by atoms with Gasteiger partial charge in [0.1, 0.15) is 12.4 Å². The molecular weight excluding hydrogens is 241 g/mol. The monoisotopic (exact) mass is 253 g/mol. The Labute approximate surface area is 103 Å². The van der Waals surface area contributed by atoms with Crippen molar-refractivity contribution in [2.24, 2.45) is 0 Å². The molecule has 1 saturated heterocycles. The highest BCUT2D eigenvalue weighted by molar-refractivity contribution is 5.85. The van der Waals surface area contributed by atoms with Gasteiger partial charge >= 0.3 is 5.97 Å². The van der Waals surface area contributed by atoms with Crippen LogP contribution in [0.1, 0.15) is 5.56 Å². The van der Waals surface area contributed by atoms with E-state index in [4.69, 9.17) is 9.84 Å². The predicted octanol–water partition coefficient (Wildman–Crippen LogP) is 0.638. The smallest absolute Gasteiger partial charge is 0.328 e. The maximum atomic E-state index is 13.0. The van der Waals surface area contributed by atoms with Gasteiger partial charge in [-0.25, -0.2) is 9.18 Å². The molecule has 1 amide bonds. The average Bonchev–Trinajstić information content (AvgIpc) is 2.31. The molecule has 96 valence electrons. The van der Waals surface area contributed by atoms with Gasteiger partial charge in [-0.2, -0.15) is 0 Å². The number of morpholine rings is 1. The molecule has 6 heteroatoms. The van der Waals surface area contributed by atoms with E-state index < -0.39 is 23.7 Å². The molecular formula is C12H12FNO4. The molecule has 1 heterocycles. The van der Waals surface area contributed by atoms with Gasteiger partial charge in [-0.15, -0.1) is 0 Å². The molecule has 1 fully saturated rings. The van der Waals surface area contributed by atoms with E-state index in [9.17, 15) is 14.0 Å². The number of aliphatic carboxylic acids is 1. The summed E-state index contributed by atoms with van der Waals surface area (Å²) in [6.07, 6.45) is 0. The zero-order valence-corrected chi connectivity index (χ0v) is 9.51. The fourth-order valence-electron chi connectivity index (χ4n) is 1.84. The number of benzene rings is 1. The van der Waals surface area contributed by atoms with Crippen LogP contribution in [-0.2, 0) is 20.9 Å². The van der Waals surface area contributed by atoms with E-state index in [1.54, 1.807) is 6.07 Å². The summed E-state index contributed by atoms with van der Waals surface area (Å²) in [4.78, 5) is 23.9. The lowest BCUT2D eigenvalue weighted by molar-refractivity contribution is -0.163. The normalized spacial score (nSPS) is 19.9. The predicted molar refractivity (Wildman–Crippen MR) is 59.2 cm³/mol. The summed E-state index contributed by atoms with van der Waals surface area (Å²) >= 11 is 0. The van der Waals surface area contributed by atoms with Crippen molar-refractivity contribution in [3.8, 4) is 0 Å². The zero-order chi connectivity index (χ0) is 13.1. The SMILES string of the molecule is O=C(O)C1COCC(=O)N1Cc1cccc(F)c1. The largest absolute Gasteiger partial charge is 0.480 e. The Morgan fingerprint density at radius 2 is 2.33 bits per heavy atom. The molecule has 0 aliphatic carbocycles. The molecule has 18 heavy (non-hydrogen) atoms.